The van der Waals surface area contributed by atoms with E-state index in [0.29, 0.717) is 25.7 Å². The third-order valence-electron chi connectivity index (χ3n) is 5.63. The molecule has 0 aromatic carbocycles. The van der Waals surface area contributed by atoms with E-state index in [1.165, 1.54) is 13.8 Å². The molecule has 0 aliphatic heterocycles. The summed E-state index contributed by atoms with van der Waals surface area (Å²) in [5, 5.41) is 9.58. The molecule has 3 atom stereocenters. The van der Waals surface area contributed by atoms with Gasteiger partial charge in [-0.25, -0.2) is 0 Å². The Morgan fingerprint density at radius 2 is 1.63 bits per heavy atom. The lowest BCUT2D eigenvalue weighted by Crippen LogP contribution is -2.59. The summed E-state index contributed by atoms with van der Waals surface area (Å²) >= 11 is 0. The molecule has 0 aromatic heterocycles. The molecule has 3 nitrogen and oxygen atoms in total. The van der Waals surface area contributed by atoms with Crippen molar-refractivity contribution in [2.45, 2.75) is 90.3 Å². The maximum Gasteiger partial charge on any atom is 0.426 e. The zero-order valence-corrected chi connectivity index (χ0v) is 16.0. The van der Waals surface area contributed by atoms with Crippen LogP contribution in [0.25, 0.3) is 0 Å². The maximum atomic E-state index is 13.1. The van der Waals surface area contributed by atoms with Gasteiger partial charge >= 0.3 is 18.3 Å². The zero-order valence-electron chi connectivity index (χ0n) is 16.0. The van der Waals surface area contributed by atoms with E-state index in [9.17, 15) is 36.2 Å². The monoisotopic (exact) mass is 406 g/mol. The Hall–Kier alpha value is -0.990. The van der Waals surface area contributed by atoms with Gasteiger partial charge in [-0.05, 0) is 44.9 Å². The second-order valence-electron chi connectivity index (χ2n) is 8.27. The molecule has 160 valence electrons. The molecular formula is C18H28F6O3. The van der Waals surface area contributed by atoms with Crippen molar-refractivity contribution in [3.8, 4) is 0 Å². The summed E-state index contributed by atoms with van der Waals surface area (Å²) in [5.74, 6) is -1.43. The number of carbonyl (C=O) groups is 1. The van der Waals surface area contributed by atoms with Gasteiger partial charge < -0.3 is 9.84 Å². The van der Waals surface area contributed by atoms with Crippen LogP contribution < -0.4 is 0 Å². The largest absolute Gasteiger partial charge is 0.462 e. The fourth-order valence-electron chi connectivity index (χ4n) is 3.25. The van der Waals surface area contributed by atoms with E-state index in [1.54, 1.807) is 6.92 Å². The number of hydrogen-bond donors (Lipinski definition) is 1. The van der Waals surface area contributed by atoms with E-state index in [0.717, 1.165) is 6.42 Å². The van der Waals surface area contributed by atoms with Gasteiger partial charge in [0.2, 0.25) is 0 Å². The van der Waals surface area contributed by atoms with Crippen molar-refractivity contribution in [1.29, 1.82) is 0 Å². The number of esters is 1. The SMILES string of the molecule is CCC(C)(C)C(=O)OC(CC(O)(C(F)(F)F)C(F)(F)F)C1CCCC(C)C1. The number of ether oxygens (including phenoxy) is 1. The van der Waals surface area contributed by atoms with Crippen LogP contribution in [0.5, 0.6) is 0 Å². The van der Waals surface area contributed by atoms with E-state index in [2.05, 4.69) is 0 Å². The third kappa shape index (κ3) is 5.51. The van der Waals surface area contributed by atoms with Crippen LogP contribution in [0.4, 0.5) is 26.3 Å². The van der Waals surface area contributed by atoms with Gasteiger partial charge in [-0.1, -0.05) is 26.7 Å². The van der Waals surface area contributed by atoms with Crippen LogP contribution in [-0.4, -0.2) is 35.1 Å². The molecule has 9 heteroatoms. The van der Waals surface area contributed by atoms with Crippen LogP contribution in [0.1, 0.15) is 66.2 Å². The Bertz CT molecular complexity index is 498. The van der Waals surface area contributed by atoms with Crippen molar-refractivity contribution in [1.82, 2.24) is 0 Å². The highest BCUT2D eigenvalue weighted by molar-refractivity contribution is 5.76. The Kier molecular flexibility index (Phi) is 7.28. The number of rotatable bonds is 6. The standard InChI is InChI=1S/C18H28F6O3/c1-5-15(3,4)14(25)27-13(12-8-6-7-11(2)9-12)10-16(26,17(19,20)21)18(22,23)24/h11-13,26H,5-10H2,1-4H3. The van der Waals surface area contributed by atoms with Crippen LogP contribution in [-0.2, 0) is 9.53 Å². The zero-order chi connectivity index (χ0) is 21.3. The highest BCUT2D eigenvalue weighted by Crippen LogP contribution is 2.48. The molecule has 0 spiro atoms. The smallest absolute Gasteiger partial charge is 0.426 e. The summed E-state index contributed by atoms with van der Waals surface area (Å²) in [4.78, 5) is 12.3. The van der Waals surface area contributed by atoms with Gasteiger partial charge in [0.1, 0.15) is 6.10 Å². The molecule has 0 radical (unpaired) electrons. The number of hydrogen-bond acceptors (Lipinski definition) is 3. The number of alkyl halides is 6. The second-order valence-corrected chi connectivity index (χ2v) is 8.27. The Morgan fingerprint density at radius 3 is 2.04 bits per heavy atom. The van der Waals surface area contributed by atoms with Crippen molar-refractivity contribution in [3.63, 3.8) is 0 Å². The van der Waals surface area contributed by atoms with Gasteiger partial charge in [0.25, 0.3) is 5.60 Å². The summed E-state index contributed by atoms with van der Waals surface area (Å²) in [5.41, 5.74) is -5.98. The maximum absolute atomic E-state index is 13.1. The van der Waals surface area contributed by atoms with Crippen molar-refractivity contribution >= 4 is 5.97 Å². The lowest BCUT2D eigenvalue weighted by molar-refractivity contribution is -0.375. The summed E-state index contributed by atoms with van der Waals surface area (Å²) in [7, 11) is 0. The molecule has 1 rings (SSSR count). The highest BCUT2D eigenvalue weighted by atomic mass is 19.4. The fraction of sp³-hybridized carbons (Fsp3) is 0.944. The minimum absolute atomic E-state index is 0.0917. The molecule has 1 saturated carbocycles. The molecule has 3 unspecified atom stereocenters. The van der Waals surface area contributed by atoms with Gasteiger partial charge in [-0.3, -0.25) is 4.79 Å². The topological polar surface area (TPSA) is 46.5 Å². The molecular weight excluding hydrogens is 378 g/mol. The molecule has 1 fully saturated rings. The van der Waals surface area contributed by atoms with Gasteiger partial charge in [-0.2, -0.15) is 26.3 Å². The van der Waals surface area contributed by atoms with E-state index in [-0.39, 0.29) is 5.92 Å². The third-order valence-corrected chi connectivity index (χ3v) is 5.63. The van der Waals surface area contributed by atoms with Gasteiger partial charge in [0, 0.05) is 6.42 Å². The Balaban J connectivity index is 3.22. The van der Waals surface area contributed by atoms with Crippen LogP contribution in [0.2, 0.25) is 0 Å². The predicted octanol–water partition coefficient (Wildman–Crippen LogP) is 5.41. The molecule has 0 bridgehead atoms. The number of carbonyl (C=O) groups excluding carboxylic acids is 1. The summed E-state index contributed by atoms with van der Waals surface area (Å²) < 4.78 is 84.0. The van der Waals surface area contributed by atoms with Crippen LogP contribution in [0, 0.1) is 17.3 Å². The molecule has 0 saturated heterocycles. The molecule has 0 heterocycles. The first kappa shape index (κ1) is 24.0. The van der Waals surface area contributed by atoms with Crippen molar-refractivity contribution < 1.29 is 41.0 Å². The molecule has 27 heavy (non-hydrogen) atoms. The van der Waals surface area contributed by atoms with E-state index >= 15 is 0 Å². The van der Waals surface area contributed by atoms with Crippen molar-refractivity contribution in [2.75, 3.05) is 0 Å². The van der Waals surface area contributed by atoms with Crippen LogP contribution in [0.15, 0.2) is 0 Å². The van der Waals surface area contributed by atoms with E-state index < -0.39 is 47.8 Å². The molecule has 1 aliphatic rings. The molecule has 0 amide bonds. The first-order valence-electron chi connectivity index (χ1n) is 9.12. The first-order chi connectivity index (χ1) is 12.0. The minimum Gasteiger partial charge on any atom is -0.462 e. The van der Waals surface area contributed by atoms with Gasteiger partial charge in [0.05, 0.1) is 5.41 Å². The lowest BCUT2D eigenvalue weighted by Gasteiger charge is -2.40. The van der Waals surface area contributed by atoms with Crippen molar-refractivity contribution in [3.05, 3.63) is 0 Å². The number of aliphatic hydroxyl groups is 1. The van der Waals surface area contributed by atoms with Crippen LogP contribution >= 0.6 is 0 Å². The summed E-state index contributed by atoms with van der Waals surface area (Å²) in [6.07, 6.45) is -12.9. The van der Waals surface area contributed by atoms with E-state index in [1.807, 2.05) is 6.92 Å². The quantitative estimate of drug-likeness (QED) is 0.474. The van der Waals surface area contributed by atoms with Crippen LogP contribution in [0.3, 0.4) is 0 Å². The highest BCUT2D eigenvalue weighted by Gasteiger charge is 2.71. The average molecular weight is 406 g/mol. The molecule has 1 aliphatic carbocycles. The van der Waals surface area contributed by atoms with Crippen molar-refractivity contribution in [2.24, 2.45) is 17.3 Å². The first-order valence-corrected chi connectivity index (χ1v) is 9.12. The summed E-state index contributed by atoms with van der Waals surface area (Å²) in [6.45, 7) is 6.53. The molecule has 0 aromatic rings. The average Bonchev–Trinajstić information content (AvgIpc) is 2.51. The lowest BCUT2D eigenvalue weighted by atomic mass is 9.76. The Labute approximate surface area is 155 Å². The second kappa shape index (κ2) is 8.17. The predicted molar refractivity (Wildman–Crippen MR) is 86.8 cm³/mol. The normalized spacial score (nSPS) is 23.8. The Morgan fingerprint density at radius 1 is 1.11 bits per heavy atom. The van der Waals surface area contributed by atoms with E-state index in [4.69, 9.17) is 4.74 Å². The summed E-state index contributed by atoms with van der Waals surface area (Å²) in [6, 6.07) is 0. The van der Waals surface area contributed by atoms with Gasteiger partial charge in [-0.15, -0.1) is 0 Å². The fourth-order valence-corrected chi connectivity index (χ4v) is 3.25. The van der Waals surface area contributed by atoms with Gasteiger partial charge in [0.15, 0.2) is 0 Å². The molecule has 1 N–H and O–H groups in total. The minimum atomic E-state index is -5.93. The number of halogens is 6.